The fourth-order valence-electron chi connectivity index (χ4n) is 2.37. The van der Waals surface area contributed by atoms with Gasteiger partial charge in [0.05, 0.1) is 17.0 Å². The standard InChI is InChI=1S/C19H25NO3S2/c1-13-9-7-8-10-14(13)25(22,23)19(5,6)16(21)11-17-20-15(12-24-17)18(2,3)4/h7-10,12H,11H2,1-6H3. The normalized spacial score (nSPS) is 13.0. The van der Waals surface area contributed by atoms with E-state index in [4.69, 9.17) is 0 Å². The number of benzene rings is 1. The van der Waals surface area contributed by atoms with Crippen molar-refractivity contribution in [2.45, 2.75) is 63.0 Å². The second-order valence-electron chi connectivity index (χ2n) is 7.76. The summed E-state index contributed by atoms with van der Waals surface area (Å²) in [7, 11) is -3.78. The number of carbonyl (C=O) groups excluding carboxylic acids is 1. The molecule has 136 valence electrons. The van der Waals surface area contributed by atoms with E-state index in [0.717, 1.165) is 5.69 Å². The van der Waals surface area contributed by atoms with E-state index < -0.39 is 14.6 Å². The van der Waals surface area contributed by atoms with Gasteiger partial charge in [-0.05, 0) is 32.4 Å². The SMILES string of the molecule is Cc1ccccc1S(=O)(=O)C(C)(C)C(=O)Cc1nc(C(C)(C)C)cs1. The fraction of sp³-hybridized carbons (Fsp3) is 0.474. The van der Waals surface area contributed by atoms with Crippen LogP contribution in [-0.4, -0.2) is 23.9 Å². The van der Waals surface area contributed by atoms with Crippen molar-refractivity contribution in [1.29, 1.82) is 0 Å². The van der Waals surface area contributed by atoms with Gasteiger partial charge in [-0.25, -0.2) is 13.4 Å². The van der Waals surface area contributed by atoms with Gasteiger partial charge in [0.1, 0.15) is 9.75 Å². The third-order valence-corrected chi connectivity index (χ3v) is 7.82. The third kappa shape index (κ3) is 3.85. The zero-order valence-corrected chi connectivity index (χ0v) is 17.2. The topological polar surface area (TPSA) is 64.1 Å². The molecule has 0 saturated heterocycles. The highest BCUT2D eigenvalue weighted by molar-refractivity contribution is 7.93. The first-order chi connectivity index (χ1) is 11.4. The summed E-state index contributed by atoms with van der Waals surface area (Å²) in [5.74, 6) is -0.342. The first kappa shape index (κ1) is 19.8. The molecular weight excluding hydrogens is 354 g/mol. The smallest absolute Gasteiger partial charge is 0.190 e. The number of aromatic nitrogens is 1. The lowest BCUT2D eigenvalue weighted by Crippen LogP contribution is -2.42. The molecule has 2 aromatic rings. The molecule has 0 spiro atoms. The van der Waals surface area contributed by atoms with E-state index in [1.165, 1.54) is 25.2 Å². The average Bonchev–Trinajstić information content (AvgIpc) is 2.96. The summed E-state index contributed by atoms with van der Waals surface area (Å²) in [5, 5.41) is 2.59. The van der Waals surface area contributed by atoms with E-state index >= 15 is 0 Å². The lowest BCUT2D eigenvalue weighted by Gasteiger charge is -2.24. The zero-order valence-electron chi connectivity index (χ0n) is 15.6. The van der Waals surface area contributed by atoms with Crippen LogP contribution in [0.25, 0.3) is 0 Å². The molecule has 0 bridgehead atoms. The molecule has 1 aromatic carbocycles. The molecule has 6 heteroatoms. The summed E-state index contributed by atoms with van der Waals surface area (Å²) in [6, 6.07) is 6.76. The Morgan fingerprint density at radius 2 is 1.72 bits per heavy atom. The molecule has 0 radical (unpaired) electrons. The average molecular weight is 380 g/mol. The number of nitrogens with zero attached hydrogens (tertiary/aromatic N) is 1. The van der Waals surface area contributed by atoms with Crippen LogP contribution in [0, 0.1) is 6.92 Å². The van der Waals surface area contributed by atoms with Gasteiger partial charge in [0.15, 0.2) is 15.6 Å². The number of Topliss-reactive ketones (excluding diaryl/α,β-unsaturated/α-hetero) is 1. The van der Waals surface area contributed by atoms with Crippen LogP contribution in [-0.2, 0) is 26.5 Å². The van der Waals surface area contributed by atoms with E-state index in [1.807, 2.05) is 5.38 Å². The summed E-state index contributed by atoms with van der Waals surface area (Å²) < 4.78 is 24.6. The minimum atomic E-state index is -3.78. The van der Waals surface area contributed by atoms with E-state index in [9.17, 15) is 13.2 Å². The second-order valence-corrected chi connectivity index (χ2v) is 11.2. The fourth-order valence-corrected chi connectivity index (χ4v) is 5.06. The molecule has 0 atom stereocenters. The molecule has 25 heavy (non-hydrogen) atoms. The molecule has 0 aliphatic carbocycles. The highest BCUT2D eigenvalue weighted by Crippen LogP contribution is 2.30. The summed E-state index contributed by atoms with van der Waals surface area (Å²) >= 11 is 1.40. The van der Waals surface area contributed by atoms with Gasteiger partial charge in [0, 0.05) is 10.8 Å². The quantitative estimate of drug-likeness (QED) is 0.784. The van der Waals surface area contributed by atoms with Gasteiger partial charge in [0.2, 0.25) is 0 Å². The molecule has 0 unspecified atom stereocenters. The Balaban J connectivity index is 2.31. The Morgan fingerprint density at radius 3 is 2.24 bits per heavy atom. The monoisotopic (exact) mass is 379 g/mol. The number of hydrogen-bond acceptors (Lipinski definition) is 5. The van der Waals surface area contributed by atoms with E-state index in [0.29, 0.717) is 10.6 Å². The van der Waals surface area contributed by atoms with Crippen molar-refractivity contribution in [2.24, 2.45) is 0 Å². The molecular formula is C19H25NO3S2. The molecule has 4 nitrogen and oxygen atoms in total. The van der Waals surface area contributed by atoms with Crippen molar-refractivity contribution >= 4 is 27.0 Å². The number of rotatable bonds is 5. The van der Waals surface area contributed by atoms with E-state index in [-0.39, 0.29) is 22.5 Å². The number of hydrogen-bond donors (Lipinski definition) is 0. The van der Waals surface area contributed by atoms with Crippen molar-refractivity contribution in [1.82, 2.24) is 4.98 Å². The van der Waals surface area contributed by atoms with Crippen LogP contribution in [0.15, 0.2) is 34.5 Å². The van der Waals surface area contributed by atoms with Gasteiger partial charge in [-0.2, -0.15) is 0 Å². The van der Waals surface area contributed by atoms with Crippen LogP contribution in [0.2, 0.25) is 0 Å². The minimum Gasteiger partial charge on any atom is -0.297 e. The molecule has 1 aromatic heterocycles. The van der Waals surface area contributed by atoms with Gasteiger partial charge in [-0.1, -0.05) is 39.0 Å². The van der Waals surface area contributed by atoms with Crippen LogP contribution < -0.4 is 0 Å². The van der Waals surface area contributed by atoms with Crippen LogP contribution in [0.5, 0.6) is 0 Å². The Labute approximate surface area is 154 Å². The number of sulfone groups is 1. The maximum Gasteiger partial charge on any atom is 0.190 e. The number of aryl methyl sites for hydroxylation is 1. The summed E-state index contributed by atoms with van der Waals surface area (Å²) in [6.07, 6.45) is 0.0266. The lowest BCUT2D eigenvalue weighted by molar-refractivity contribution is -0.120. The predicted molar refractivity (Wildman–Crippen MR) is 102 cm³/mol. The van der Waals surface area contributed by atoms with Crippen LogP contribution in [0.1, 0.15) is 50.9 Å². The summed E-state index contributed by atoms with van der Waals surface area (Å²) in [6.45, 7) is 10.9. The van der Waals surface area contributed by atoms with Gasteiger partial charge in [-0.15, -0.1) is 11.3 Å². The van der Waals surface area contributed by atoms with Crippen molar-refractivity contribution in [2.75, 3.05) is 0 Å². The van der Waals surface area contributed by atoms with Crippen molar-refractivity contribution in [3.8, 4) is 0 Å². The van der Waals surface area contributed by atoms with Gasteiger partial charge >= 0.3 is 0 Å². The molecule has 0 aliphatic rings. The van der Waals surface area contributed by atoms with Crippen molar-refractivity contribution in [3.63, 3.8) is 0 Å². The summed E-state index contributed by atoms with van der Waals surface area (Å²) in [4.78, 5) is 17.5. The Morgan fingerprint density at radius 1 is 1.12 bits per heavy atom. The molecule has 1 heterocycles. The minimum absolute atomic E-state index is 0.0266. The van der Waals surface area contributed by atoms with Crippen LogP contribution in [0.3, 0.4) is 0 Å². The highest BCUT2D eigenvalue weighted by Gasteiger charge is 2.43. The first-order valence-electron chi connectivity index (χ1n) is 8.16. The Kier molecular flexibility index (Phi) is 5.26. The molecule has 2 rings (SSSR count). The maximum absolute atomic E-state index is 13.0. The van der Waals surface area contributed by atoms with E-state index in [2.05, 4.69) is 25.8 Å². The van der Waals surface area contributed by atoms with Gasteiger partial charge < -0.3 is 0 Å². The maximum atomic E-state index is 13.0. The highest BCUT2D eigenvalue weighted by atomic mass is 32.2. The first-order valence-corrected chi connectivity index (χ1v) is 10.5. The van der Waals surface area contributed by atoms with Crippen LogP contribution >= 0.6 is 11.3 Å². The predicted octanol–water partition coefficient (Wildman–Crippen LogP) is 4.11. The molecule has 0 amide bonds. The van der Waals surface area contributed by atoms with Gasteiger partial charge in [-0.3, -0.25) is 4.79 Å². The molecule has 0 saturated carbocycles. The third-order valence-electron chi connectivity index (χ3n) is 4.36. The van der Waals surface area contributed by atoms with E-state index in [1.54, 1.807) is 31.2 Å². The van der Waals surface area contributed by atoms with Crippen molar-refractivity contribution < 1.29 is 13.2 Å². The zero-order chi connectivity index (χ0) is 19.0. The molecule has 0 fully saturated rings. The Hall–Kier alpha value is -1.53. The number of carbonyl (C=O) groups is 1. The second kappa shape index (κ2) is 6.65. The summed E-state index contributed by atoms with van der Waals surface area (Å²) in [5.41, 5.74) is 1.47. The molecule has 0 N–H and O–H groups in total. The largest absolute Gasteiger partial charge is 0.297 e. The number of ketones is 1. The Bertz CT molecular complexity index is 887. The van der Waals surface area contributed by atoms with Crippen molar-refractivity contribution in [3.05, 3.63) is 45.9 Å². The lowest BCUT2D eigenvalue weighted by atomic mass is 9.93. The number of thiazole rings is 1. The van der Waals surface area contributed by atoms with Gasteiger partial charge in [0.25, 0.3) is 0 Å². The molecule has 0 aliphatic heterocycles. The van der Waals surface area contributed by atoms with Crippen LogP contribution in [0.4, 0.5) is 0 Å².